The van der Waals surface area contributed by atoms with Crippen LogP contribution < -0.4 is 5.32 Å². The Morgan fingerprint density at radius 3 is 2.83 bits per heavy atom. The SMILES string of the molecule is CC/C=C(\C)[C@H]1CC(=O)Nc2c1c(C)nn2Cc1ccccc1. The summed E-state index contributed by atoms with van der Waals surface area (Å²) in [6.45, 7) is 6.94. The molecule has 1 atom stereocenters. The number of aromatic nitrogens is 2. The van der Waals surface area contributed by atoms with Crippen molar-refractivity contribution in [2.45, 2.75) is 46.1 Å². The van der Waals surface area contributed by atoms with Gasteiger partial charge in [0.1, 0.15) is 5.82 Å². The molecule has 0 aliphatic carbocycles. The first-order valence-electron chi connectivity index (χ1n) is 8.17. The van der Waals surface area contributed by atoms with Gasteiger partial charge in [-0.1, -0.05) is 48.9 Å². The average Bonchev–Trinajstić information content (AvgIpc) is 2.84. The molecule has 2 aromatic rings. The average molecular weight is 309 g/mol. The fraction of sp³-hybridized carbons (Fsp3) is 0.368. The lowest BCUT2D eigenvalue weighted by molar-refractivity contribution is -0.116. The van der Waals surface area contributed by atoms with Crippen molar-refractivity contribution in [3.63, 3.8) is 0 Å². The molecule has 2 heterocycles. The lowest BCUT2D eigenvalue weighted by Gasteiger charge is -2.25. The Hall–Kier alpha value is -2.36. The van der Waals surface area contributed by atoms with Gasteiger partial charge in [-0.15, -0.1) is 0 Å². The number of carbonyl (C=O) groups excluding carboxylic acids is 1. The van der Waals surface area contributed by atoms with E-state index in [2.05, 4.69) is 42.5 Å². The smallest absolute Gasteiger partial charge is 0.226 e. The summed E-state index contributed by atoms with van der Waals surface area (Å²) in [6.07, 6.45) is 3.70. The summed E-state index contributed by atoms with van der Waals surface area (Å²) in [5.41, 5.74) is 4.61. The molecule has 0 bridgehead atoms. The lowest BCUT2D eigenvalue weighted by Crippen LogP contribution is -2.25. The van der Waals surface area contributed by atoms with Gasteiger partial charge in [-0.3, -0.25) is 4.79 Å². The normalized spacial score (nSPS) is 17.8. The number of fused-ring (bicyclic) bond motifs is 1. The molecule has 0 radical (unpaired) electrons. The minimum absolute atomic E-state index is 0.0700. The molecule has 3 rings (SSSR count). The predicted octanol–water partition coefficient (Wildman–Crippen LogP) is 4.02. The van der Waals surface area contributed by atoms with Crippen molar-refractivity contribution in [1.29, 1.82) is 0 Å². The largest absolute Gasteiger partial charge is 0.311 e. The molecule has 23 heavy (non-hydrogen) atoms. The summed E-state index contributed by atoms with van der Waals surface area (Å²) in [5, 5.41) is 7.72. The van der Waals surface area contributed by atoms with Gasteiger partial charge in [0, 0.05) is 17.9 Å². The highest BCUT2D eigenvalue weighted by Crippen LogP contribution is 2.39. The zero-order valence-electron chi connectivity index (χ0n) is 14.0. The molecule has 1 amide bonds. The quantitative estimate of drug-likeness (QED) is 0.867. The van der Waals surface area contributed by atoms with E-state index in [9.17, 15) is 4.79 Å². The Morgan fingerprint density at radius 2 is 2.13 bits per heavy atom. The first-order chi connectivity index (χ1) is 11.1. The van der Waals surface area contributed by atoms with Crippen molar-refractivity contribution in [2.24, 2.45) is 0 Å². The number of nitrogens with one attached hydrogen (secondary N) is 1. The maximum atomic E-state index is 12.2. The Kier molecular flexibility index (Phi) is 4.33. The predicted molar refractivity (Wildman–Crippen MR) is 92.5 cm³/mol. The van der Waals surface area contributed by atoms with Crippen LogP contribution in [0.2, 0.25) is 0 Å². The van der Waals surface area contributed by atoms with Crippen LogP contribution in [0.15, 0.2) is 42.0 Å². The number of aryl methyl sites for hydroxylation is 1. The van der Waals surface area contributed by atoms with Crippen molar-refractivity contribution >= 4 is 11.7 Å². The van der Waals surface area contributed by atoms with Gasteiger partial charge in [0.25, 0.3) is 0 Å². The van der Waals surface area contributed by atoms with Crippen molar-refractivity contribution in [3.8, 4) is 0 Å². The van der Waals surface area contributed by atoms with Gasteiger partial charge in [-0.05, 0) is 25.8 Å². The minimum Gasteiger partial charge on any atom is -0.311 e. The highest BCUT2D eigenvalue weighted by molar-refractivity contribution is 5.94. The van der Waals surface area contributed by atoms with Crippen molar-refractivity contribution in [2.75, 3.05) is 5.32 Å². The number of allylic oxidation sites excluding steroid dienone is 2. The molecule has 0 saturated heterocycles. The molecular formula is C19H23N3O. The number of anilines is 1. The molecule has 1 aromatic heterocycles. The first-order valence-corrected chi connectivity index (χ1v) is 8.17. The topological polar surface area (TPSA) is 46.9 Å². The summed E-state index contributed by atoms with van der Waals surface area (Å²) in [6, 6.07) is 10.2. The molecule has 0 spiro atoms. The number of benzene rings is 1. The van der Waals surface area contributed by atoms with Crippen LogP contribution in [0.3, 0.4) is 0 Å². The van der Waals surface area contributed by atoms with Crippen LogP contribution in [-0.4, -0.2) is 15.7 Å². The molecule has 1 N–H and O–H groups in total. The van der Waals surface area contributed by atoms with Crippen LogP contribution in [0.25, 0.3) is 0 Å². The van der Waals surface area contributed by atoms with Gasteiger partial charge >= 0.3 is 0 Å². The Labute approximate surface area is 137 Å². The highest BCUT2D eigenvalue weighted by atomic mass is 16.1. The van der Waals surface area contributed by atoms with Crippen molar-refractivity contribution in [1.82, 2.24) is 9.78 Å². The monoisotopic (exact) mass is 309 g/mol. The molecular weight excluding hydrogens is 286 g/mol. The molecule has 1 aliphatic rings. The lowest BCUT2D eigenvalue weighted by atomic mass is 9.86. The molecule has 1 aliphatic heterocycles. The standard InChI is InChI=1S/C19H23N3O/c1-4-8-13(2)16-11-17(23)20-19-18(16)14(3)21-22(19)12-15-9-6-5-7-10-15/h5-10,16H,4,11-12H2,1-3H3,(H,20,23)/b13-8+/t16-/m1/s1. The number of hydrogen-bond donors (Lipinski definition) is 1. The molecule has 0 unspecified atom stereocenters. The van der Waals surface area contributed by atoms with Gasteiger partial charge in [0.05, 0.1) is 12.2 Å². The van der Waals surface area contributed by atoms with Gasteiger partial charge in [-0.25, -0.2) is 4.68 Å². The van der Waals surface area contributed by atoms with E-state index in [4.69, 9.17) is 0 Å². The molecule has 0 fully saturated rings. The van der Waals surface area contributed by atoms with Crippen molar-refractivity contribution < 1.29 is 4.79 Å². The second-order valence-electron chi connectivity index (χ2n) is 6.15. The number of carbonyl (C=O) groups is 1. The fourth-order valence-corrected chi connectivity index (χ4v) is 3.34. The van der Waals surface area contributed by atoms with E-state index in [-0.39, 0.29) is 11.8 Å². The Balaban J connectivity index is 2.01. The summed E-state index contributed by atoms with van der Waals surface area (Å²) >= 11 is 0. The van der Waals surface area contributed by atoms with Crippen LogP contribution in [0.5, 0.6) is 0 Å². The van der Waals surface area contributed by atoms with Crippen LogP contribution in [-0.2, 0) is 11.3 Å². The third kappa shape index (κ3) is 3.07. The van der Waals surface area contributed by atoms with Crippen LogP contribution in [0.4, 0.5) is 5.82 Å². The fourth-order valence-electron chi connectivity index (χ4n) is 3.34. The van der Waals surface area contributed by atoms with E-state index >= 15 is 0 Å². The number of amides is 1. The molecule has 120 valence electrons. The second kappa shape index (κ2) is 6.41. The van der Waals surface area contributed by atoms with E-state index in [1.165, 1.54) is 16.7 Å². The summed E-state index contributed by atoms with van der Waals surface area (Å²) in [4.78, 5) is 12.2. The van der Waals surface area contributed by atoms with E-state index in [1.54, 1.807) is 0 Å². The molecule has 0 saturated carbocycles. The highest BCUT2D eigenvalue weighted by Gasteiger charge is 2.31. The first kappa shape index (κ1) is 15.5. The second-order valence-corrected chi connectivity index (χ2v) is 6.15. The van der Waals surface area contributed by atoms with Gasteiger partial charge in [-0.2, -0.15) is 5.10 Å². The van der Waals surface area contributed by atoms with Crippen LogP contribution in [0.1, 0.15) is 49.4 Å². The maximum Gasteiger partial charge on any atom is 0.226 e. The number of hydrogen-bond acceptors (Lipinski definition) is 2. The number of rotatable bonds is 4. The Bertz CT molecular complexity index is 743. The third-order valence-electron chi connectivity index (χ3n) is 4.42. The zero-order chi connectivity index (χ0) is 16.4. The third-order valence-corrected chi connectivity index (χ3v) is 4.42. The van der Waals surface area contributed by atoms with Crippen molar-refractivity contribution in [3.05, 3.63) is 58.8 Å². The van der Waals surface area contributed by atoms with Crippen LogP contribution >= 0.6 is 0 Å². The number of nitrogens with zero attached hydrogens (tertiary/aromatic N) is 2. The van der Waals surface area contributed by atoms with Gasteiger partial charge < -0.3 is 5.32 Å². The van der Waals surface area contributed by atoms with Gasteiger partial charge in [0.15, 0.2) is 0 Å². The summed E-state index contributed by atoms with van der Waals surface area (Å²) in [7, 11) is 0. The van der Waals surface area contributed by atoms with E-state index in [0.717, 1.165) is 17.9 Å². The summed E-state index contributed by atoms with van der Waals surface area (Å²) < 4.78 is 1.92. The van der Waals surface area contributed by atoms with E-state index < -0.39 is 0 Å². The maximum absolute atomic E-state index is 12.2. The van der Waals surface area contributed by atoms with Crippen LogP contribution in [0, 0.1) is 6.92 Å². The molecule has 4 nitrogen and oxygen atoms in total. The summed E-state index contributed by atoms with van der Waals surface area (Å²) in [5.74, 6) is 1.07. The molecule has 1 aromatic carbocycles. The van der Waals surface area contributed by atoms with Gasteiger partial charge in [0.2, 0.25) is 5.91 Å². The zero-order valence-corrected chi connectivity index (χ0v) is 14.0. The minimum atomic E-state index is 0.0700. The molecule has 4 heteroatoms. The van der Waals surface area contributed by atoms with E-state index in [1.807, 2.05) is 29.8 Å². The van der Waals surface area contributed by atoms with E-state index in [0.29, 0.717) is 13.0 Å². The Morgan fingerprint density at radius 1 is 1.39 bits per heavy atom.